The van der Waals surface area contributed by atoms with Crippen LogP contribution >= 0.6 is 46.1 Å². The molecule has 1 fully saturated rings. The number of anilines is 1. The minimum atomic E-state index is -5.68. The lowest BCUT2D eigenvalue weighted by Crippen LogP contribution is -2.32. The number of phosphoric acid groups is 3. The van der Waals surface area contributed by atoms with Gasteiger partial charge in [0.2, 0.25) is 0 Å². The maximum Gasteiger partial charge on any atom is 0.490 e. The molecule has 6 atom stereocenters. The maximum absolute atomic E-state index is 11.9. The van der Waals surface area contributed by atoms with Gasteiger partial charge in [-0.1, -0.05) is 0 Å². The van der Waals surface area contributed by atoms with Gasteiger partial charge in [-0.25, -0.2) is 18.5 Å². The third-order valence-electron chi connectivity index (χ3n) is 3.21. The first-order chi connectivity index (χ1) is 13.1. The van der Waals surface area contributed by atoms with Gasteiger partial charge in [0, 0.05) is 12.6 Å². The number of nitrogen functional groups attached to an aromatic ring is 1. The third-order valence-corrected chi connectivity index (χ3v) is 8.39. The van der Waals surface area contributed by atoms with Crippen molar-refractivity contribution in [2.45, 2.75) is 29.0 Å². The summed E-state index contributed by atoms with van der Waals surface area (Å²) in [5.74, 6) is -0.0410. The van der Waals surface area contributed by atoms with Crippen molar-refractivity contribution in [2.24, 2.45) is 0 Å². The number of rotatable bonds is 8. The maximum atomic E-state index is 11.9. The average molecular weight is 593 g/mol. The van der Waals surface area contributed by atoms with Crippen molar-refractivity contribution in [1.82, 2.24) is 9.55 Å². The van der Waals surface area contributed by atoms with Crippen molar-refractivity contribution in [1.29, 1.82) is 0 Å². The lowest BCUT2D eigenvalue weighted by Gasteiger charge is -2.23. The van der Waals surface area contributed by atoms with Crippen LogP contribution in [0.3, 0.4) is 0 Å². The molecule has 0 saturated carbocycles. The molecule has 1 aliphatic rings. The van der Waals surface area contributed by atoms with E-state index < -0.39 is 51.7 Å². The van der Waals surface area contributed by atoms with Crippen molar-refractivity contribution in [3.63, 3.8) is 0 Å². The van der Waals surface area contributed by atoms with Crippen LogP contribution in [0.2, 0.25) is 0 Å². The molecule has 1 aromatic rings. The fourth-order valence-corrected chi connectivity index (χ4v) is 6.76. The molecule has 0 spiro atoms. The van der Waals surface area contributed by atoms with Gasteiger partial charge in [-0.3, -0.25) is 9.09 Å². The summed E-state index contributed by atoms with van der Waals surface area (Å²) in [7, 11) is -16.6. The zero-order valence-corrected chi connectivity index (χ0v) is 18.7. The van der Waals surface area contributed by atoms with Crippen molar-refractivity contribution in [3.05, 3.63) is 22.7 Å². The molecule has 0 radical (unpaired) electrons. The van der Waals surface area contributed by atoms with Gasteiger partial charge in [-0.2, -0.15) is 13.6 Å². The molecule has 1 saturated heterocycles. The summed E-state index contributed by atoms with van der Waals surface area (Å²) in [6.07, 6.45) is -2.53. The topological polar surface area (TPSA) is 250 Å². The molecule has 3 unspecified atom stereocenters. The molecule has 29 heavy (non-hydrogen) atoms. The molecule has 0 aromatic carbocycles. The first-order valence-corrected chi connectivity index (χ1v) is 13.0. The van der Waals surface area contributed by atoms with E-state index in [0.717, 1.165) is 4.57 Å². The standard InChI is InChI=1S/C9H15IN3O13P3/c10-8(24-28(19,20)26-29(21,22)25-27(16,17)18)7-4(14)3-6(23-7)13-2-1-5(11)12-9(13)15/h1-2,4,6-8,14H,3H2,(H,19,20)(H,21,22)(H2,11,12,15)(H2,16,17,18)/t4-,6+,7-,8?/m0/s1. The highest BCUT2D eigenvalue weighted by molar-refractivity contribution is 14.1. The zero-order chi connectivity index (χ0) is 22.2. The van der Waals surface area contributed by atoms with Crippen LogP contribution in [0.4, 0.5) is 5.82 Å². The van der Waals surface area contributed by atoms with E-state index in [1.165, 1.54) is 34.9 Å². The largest absolute Gasteiger partial charge is 0.490 e. The Morgan fingerprint density at radius 2 is 1.86 bits per heavy atom. The van der Waals surface area contributed by atoms with Crippen molar-refractivity contribution >= 4 is 51.9 Å². The first-order valence-electron chi connectivity index (χ1n) is 7.23. The van der Waals surface area contributed by atoms with E-state index >= 15 is 0 Å². The van der Waals surface area contributed by atoms with Gasteiger partial charge in [-0.05, 0) is 28.7 Å². The summed E-state index contributed by atoms with van der Waals surface area (Å²) in [4.78, 5) is 51.0. The molecule has 7 N–H and O–H groups in total. The minimum Gasteiger partial charge on any atom is -0.390 e. The van der Waals surface area contributed by atoms with E-state index in [9.17, 15) is 28.5 Å². The Hall–Kier alpha value is -0.260. The number of ether oxygens (including phenoxy) is 1. The normalized spacial score (nSPS) is 27.9. The van der Waals surface area contributed by atoms with Crippen LogP contribution in [-0.2, 0) is 31.6 Å². The second-order valence-corrected chi connectivity index (χ2v) is 11.0. The molecule has 20 heteroatoms. The van der Waals surface area contributed by atoms with Crippen LogP contribution in [0.1, 0.15) is 12.6 Å². The number of phosphoric ester groups is 1. The van der Waals surface area contributed by atoms with Gasteiger partial charge >= 0.3 is 29.2 Å². The van der Waals surface area contributed by atoms with E-state index in [2.05, 4.69) is 18.1 Å². The van der Waals surface area contributed by atoms with Crippen LogP contribution in [0.5, 0.6) is 0 Å². The van der Waals surface area contributed by atoms with Crippen LogP contribution < -0.4 is 11.4 Å². The quantitative estimate of drug-likeness (QED) is 0.127. The predicted octanol–water partition coefficient (Wildman–Crippen LogP) is -0.422. The Kier molecular flexibility index (Phi) is 7.83. The number of nitrogens with zero attached hydrogens (tertiary/aromatic N) is 2. The van der Waals surface area contributed by atoms with Gasteiger partial charge in [0.25, 0.3) is 0 Å². The van der Waals surface area contributed by atoms with Crippen LogP contribution in [0.25, 0.3) is 0 Å². The summed E-state index contributed by atoms with van der Waals surface area (Å²) in [6, 6.07) is 1.30. The zero-order valence-electron chi connectivity index (χ0n) is 13.9. The van der Waals surface area contributed by atoms with Gasteiger partial charge < -0.3 is 35.2 Å². The monoisotopic (exact) mass is 593 g/mol. The van der Waals surface area contributed by atoms with E-state index in [0.29, 0.717) is 0 Å². The van der Waals surface area contributed by atoms with Crippen LogP contribution in [-0.4, -0.2) is 50.5 Å². The number of nitrogens with two attached hydrogens (primary N) is 1. The Morgan fingerprint density at radius 1 is 1.24 bits per heavy atom. The second kappa shape index (κ2) is 9.08. The summed E-state index contributed by atoms with van der Waals surface area (Å²) in [5, 5.41) is 10.1. The van der Waals surface area contributed by atoms with Crippen molar-refractivity contribution < 1.29 is 56.3 Å². The van der Waals surface area contributed by atoms with Crippen LogP contribution in [0.15, 0.2) is 17.1 Å². The molecule has 1 aromatic heterocycles. The van der Waals surface area contributed by atoms with Gasteiger partial charge in [0.15, 0.2) is 0 Å². The number of hydrogen-bond acceptors (Lipinski definition) is 11. The second-order valence-electron chi connectivity index (χ2n) is 5.45. The number of hydrogen-bond donors (Lipinski definition) is 6. The van der Waals surface area contributed by atoms with Crippen LogP contribution in [0, 0.1) is 0 Å². The molecule has 0 amide bonds. The first kappa shape index (κ1) is 25.0. The summed E-state index contributed by atoms with van der Waals surface area (Å²) < 4.78 is 50.5. The average Bonchev–Trinajstić information content (AvgIpc) is 2.84. The lowest BCUT2D eigenvalue weighted by atomic mass is 10.2. The Labute approximate surface area is 175 Å². The minimum absolute atomic E-state index is 0.0410. The predicted molar refractivity (Wildman–Crippen MR) is 100 cm³/mol. The lowest BCUT2D eigenvalue weighted by molar-refractivity contribution is -0.0505. The molecule has 0 bridgehead atoms. The van der Waals surface area contributed by atoms with Gasteiger partial charge in [-0.15, -0.1) is 0 Å². The molecular formula is C9H15IN3O13P3. The third kappa shape index (κ3) is 7.43. The molecule has 1 aliphatic heterocycles. The number of aromatic nitrogens is 2. The molecule has 2 rings (SSSR count). The summed E-state index contributed by atoms with van der Waals surface area (Å²) in [5.41, 5.74) is 4.60. The summed E-state index contributed by atoms with van der Waals surface area (Å²) in [6.45, 7) is 0. The SMILES string of the molecule is Nc1ccn([C@H]2C[C@H](O)[C@@H](C(I)OP(=O)(O)OP(=O)(O)OP(=O)(O)O)O2)c(=O)n1. The van der Waals surface area contributed by atoms with E-state index in [-0.39, 0.29) is 12.2 Å². The summed E-state index contributed by atoms with van der Waals surface area (Å²) >= 11 is 1.40. The Bertz CT molecular complexity index is 951. The highest BCUT2D eigenvalue weighted by Crippen LogP contribution is 2.67. The molecule has 0 aliphatic carbocycles. The highest BCUT2D eigenvalue weighted by atomic mass is 127. The van der Waals surface area contributed by atoms with E-state index in [1.54, 1.807) is 0 Å². The molecule has 16 nitrogen and oxygen atoms in total. The van der Waals surface area contributed by atoms with E-state index in [4.69, 9.17) is 25.2 Å². The highest BCUT2D eigenvalue weighted by Gasteiger charge is 2.46. The Morgan fingerprint density at radius 3 is 2.41 bits per heavy atom. The van der Waals surface area contributed by atoms with Gasteiger partial charge in [0.1, 0.15) is 22.3 Å². The number of aliphatic hydroxyl groups excluding tert-OH is 1. The molecule has 2 heterocycles. The smallest absolute Gasteiger partial charge is 0.390 e. The number of alkyl halides is 1. The van der Waals surface area contributed by atoms with Crippen molar-refractivity contribution in [3.8, 4) is 0 Å². The van der Waals surface area contributed by atoms with E-state index in [1.807, 2.05) is 0 Å². The Balaban J connectivity index is 2.07. The van der Waals surface area contributed by atoms with Crippen molar-refractivity contribution in [2.75, 3.05) is 5.73 Å². The molecule has 166 valence electrons. The van der Waals surface area contributed by atoms with Gasteiger partial charge in [0.05, 0.1) is 6.10 Å². The fraction of sp³-hybridized carbons (Fsp3) is 0.556. The number of halogens is 1. The molecular weight excluding hydrogens is 578 g/mol. The number of aliphatic hydroxyl groups is 1. The fourth-order valence-electron chi connectivity index (χ4n) is 2.22.